The standard InChI is InChI=1S/C37H52O4/c1-23-13-16-33(3)19-20-35(5)26(30(33)24(23)2)21-27(38)31-34(4)17-15-29(39)37(7,28(34)14-18-36(31,35)6)32(40)41-22-25-11-9-8-10-12-25/h8-12,21,23-24,28-31,39H,13-20,22H2,1-7H3/t23-,24+,28-,29-,30+,31-,33-,34+,35-,36-,37-/m1/s1. The molecule has 0 spiro atoms. The third kappa shape index (κ3) is 3.87. The summed E-state index contributed by atoms with van der Waals surface area (Å²) in [6.45, 7) is 16.6. The summed E-state index contributed by atoms with van der Waals surface area (Å²) in [5, 5.41) is 11.4. The average Bonchev–Trinajstić information content (AvgIpc) is 2.93. The molecule has 4 nitrogen and oxygen atoms in total. The lowest BCUT2D eigenvalue weighted by Gasteiger charge is -2.70. The van der Waals surface area contributed by atoms with Crippen molar-refractivity contribution < 1.29 is 19.4 Å². The Labute approximate surface area is 247 Å². The van der Waals surface area contributed by atoms with E-state index < -0.39 is 11.5 Å². The maximum absolute atomic E-state index is 14.6. The summed E-state index contributed by atoms with van der Waals surface area (Å²) in [5.74, 6) is 1.40. The van der Waals surface area contributed by atoms with Crippen molar-refractivity contribution in [2.45, 2.75) is 113 Å². The summed E-state index contributed by atoms with van der Waals surface area (Å²) in [6.07, 6.45) is 9.27. The predicted octanol–water partition coefficient (Wildman–Crippen LogP) is 7.93. The topological polar surface area (TPSA) is 63.6 Å². The van der Waals surface area contributed by atoms with Crippen LogP contribution in [0.2, 0.25) is 0 Å². The zero-order valence-corrected chi connectivity index (χ0v) is 26.5. The Morgan fingerprint density at radius 2 is 1.63 bits per heavy atom. The number of fused-ring (bicyclic) bond motifs is 7. The molecule has 4 heteroatoms. The number of carbonyl (C=O) groups is 2. The molecule has 0 saturated heterocycles. The number of hydrogen-bond acceptors (Lipinski definition) is 4. The van der Waals surface area contributed by atoms with E-state index in [0.717, 1.165) is 31.2 Å². The summed E-state index contributed by atoms with van der Waals surface area (Å²) in [4.78, 5) is 28.5. The maximum Gasteiger partial charge on any atom is 0.315 e. The Hall–Kier alpha value is -1.94. The van der Waals surface area contributed by atoms with E-state index in [1.807, 2.05) is 37.3 Å². The Bertz CT molecular complexity index is 1250. The third-order valence-corrected chi connectivity index (χ3v) is 14.4. The number of allylic oxidation sites excluding steroid dienone is 2. The monoisotopic (exact) mass is 560 g/mol. The summed E-state index contributed by atoms with van der Waals surface area (Å²) in [7, 11) is 0. The van der Waals surface area contributed by atoms with Crippen LogP contribution in [0.15, 0.2) is 42.0 Å². The number of ether oxygens (including phenoxy) is 1. The van der Waals surface area contributed by atoms with Crippen LogP contribution in [0.5, 0.6) is 0 Å². The van der Waals surface area contributed by atoms with Crippen LogP contribution in [0, 0.1) is 56.7 Å². The van der Waals surface area contributed by atoms with Crippen LogP contribution in [-0.2, 0) is 20.9 Å². The van der Waals surface area contributed by atoms with E-state index in [4.69, 9.17) is 4.74 Å². The summed E-state index contributed by atoms with van der Waals surface area (Å²) in [6, 6.07) is 9.75. The molecule has 4 saturated carbocycles. The minimum absolute atomic E-state index is 0.0324. The van der Waals surface area contributed by atoms with Crippen molar-refractivity contribution >= 4 is 11.8 Å². The van der Waals surface area contributed by atoms with Gasteiger partial charge in [0.25, 0.3) is 0 Å². The predicted molar refractivity (Wildman–Crippen MR) is 162 cm³/mol. The van der Waals surface area contributed by atoms with Gasteiger partial charge in [0.05, 0.1) is 11.5 Å². The second-order valence-electron chi connectivity index (χ2n) is 16.2. The maximum atomic E-state index is 14.6. The van der Waals surface area contributed by atoms with Gasteiger partial charge in [-0.25, -0.2) is 0 Å². The van der Waals surface area contributed by atoms with E-state index in [-0.39, 0.29) is 51.9 Å². The van der Waals surface area contributed by atoms with Gasteiger partial charge >= 0.3 is 5.97 Å². The third-order valence-electron chi connectivity index (χ3n) is 14.4. The van der Waals surface area contributed by atoms with Gasteiger partial charge in [-0.15, -0.1) is 0 Å². The minimum Gasteiger partial charge on any atom is -0.460 e. The Balaban J connectivity index is 1.38. The van der Waals surface area contributed by atoms with Crippen molar-refractivity contribution in [3.8, 4) is 0 Å². The number of carbonyl (C=O) groups excluding carboxylic acids is 2. The molecule has 5 aliphatic rings. The molecule has 1 N–H and O–H groups in total. The Kier molecular flexibility index (Phi) is 6.77. The highest BCUT2D eigenvalue weighted by atomic mass is 16.5. The number of hydrogen-bond donors (Lipinski definition) is 1. The highest BCUT2D eigenvalue weighted by molar-refractivity contribution is 5.96. The van der Waals surface area contributed by atoms with Crippen molar-refractivity contribution in [2.24, 2.45) is 56.7 Å². The molecule has 0 heterocycles. The molecular weight excluding hydrogens is 508 g/mol. The molecule has 6 rings (SSSR count). The molecule has 0 aliphatic heterocycles. The number of aliphatic hydroxyl groups excluding tert-OH is 1. The average molecular weight is 561 g/mol. The van der Waals surface area contributed by atoms with E-state index in [2.05, 4.69) is 47.6 Å². The van der Waals surface area contributed by atoms with Crippen molar-refractivity contribution in [1.29, 1.82) is 0 Å². The first-order chi connectivity index (χ1) is 19.2. The van der Waals surface area contributed by atoms with E-state index in [1.165, 1.54) is 24.8 Å². The van der Waals surface area contributed by atoms with Gasteiger partial charge in [0.2, 0.25) is 0 Å². The second kappa shape index (κ2) is 9.53. The molecule has 1 aromatic carbocycles. The zero-order chi connectivity index (χ0) is 29.6. The molecule has 41 heavy (non-hydrogen) atoms. The van der Waals surface area contributed by atoms with E-state index >= 15 is 0 Å². The van der Waals surface area contributed by atoms with Crippen molar-refractivity contribution in [3.05, 3.63) is 47.5 Å². The molecule has 0 radical (unpaired) electrons. The SMILES string of the molecule is C[C@H]1[C@H](C)CC[C@]2(C)CC[C@]3(C)C(=CC(=O)[C@@H]4[C@@]5(C)CC[C@@H](O)[C@](C)(C(=O)OCc6ccccc6)[C@@H]5CC[C@]43C)[C@H]12. The highest BCUT2D eigenvalue weighted by Gasteiger charge is 2.71. The normalized spacial score (nSPS) is 49.1. The van der Waals surface area contributed by atoms with E-state index in [0.29, 0.717) is 24.2 Å². The fraction of sp³-hybridized carbons (Fsp3) is 0.730. The van der Waals surface area contributed by atoms with Crippen molar-refractivity contribution in [2.75, 3.05) is 0 Å². The lowest BCUT2D eigenvalue weighted by molar-refractivity contribution is -0.218. The van der Waals surface area contributed by atoms with Gasteiger partial charge in [0, 0.05) is 5.92 Å². The van der Waals surface area contributed by atoms with Crippen LogP contribution in [0.1, 0.15) is 105 Å². The molecule has 0 unspecified atom stereocenters. The number of benzene rings is 1. The van der Waals surface area contributed by atoms with Crippen molar-refractivity contribution in [1.82, 2.24) is 0 Å². The van der Waals surface area contributed by atoms with Gasteiger partial charge in [0.15, 0.2) is 5.78 Å². The van der Waals surface area contributed by atoms with E-state index in [9.17, 15) is 14.7 Å². The molecule has 224 valence electrons. The fourth-order valence-corrected chi connectivity index (χ4v) is 11.5. The quantitative estimate of drug-likeness (QED) is 0.381. The molecule has 1 aromatic rings. The van der Waals surface area contributed by atoms with Crippen LogP contribution < -0.4 is 0 Å². The van der Waals surface area contributed by atoms with Crippen LogP contribution >= 0.6 is 0 Å². The summed E-state index contributed by atoms with van der Waals surface area (Å²) < 4.78 is 5.93. The Morgan fingerprint density at radius 3 is 2.34 bits per heavy atom. The van der Waals surface area contributed by atoms with Gasteiger partial charge in [-0.1, -0.05) is 77.4 Å². The van der Waals surface area contributed by atoms with Crippen molar-refractivity contribution in [3.63, 3.8) is 0 Å². The molecule has 5 aliphatic carbocycles. The summed E-state index contributed by atoms with van der Waals surface area (Å²) in [5.41, 5.74) is 1.05. The lowest BCUT2D eigenvalue weighted by atomic mass is 9.33. The highest BCUT2D eigenvalue weighted by Crippen LogP contribution is 2.75. The van der Waals surface area contributed by atoms with E-state index in [1.54, 1.807) is 0 Å². The van der Waals surface area contributed by atoms with Gasteiger partial charge < -0.3 is 9.84 Å². The van der Waals surface area contributed by atoms with Crippen LogP contribution in [0.4, 0.5) is 0 Å². The fourth-order valence-electron chi connectivity index (χ4n) is 11.5. The molecule has 0 amide bonds. The van der Waals surface area contributed by atoms with Crippen LogP contribution in [-0.4, -0.2) is 23.0 Å². The Morgan fingerprint density at radius 1 is 0.927 bits per heavy atom. The number of ketones is 1. The molecule has 0 aromatic heterocycles. The second-order valence-corrected chi connectivity index (χ2v) is 16.2. The molecular formula is C37H52O4. The smallest absolute Gasteiger partial charge is 0.315 e. The van der Waals surface area contributed by atoms with Gasteiger partial charge in [-0.2, -0.15) is 0 Å². The number of aliphatic hydroxyl groups is 1. The molecule has 11 atom stereocenters. The largest absolute Gasteiger partial charge is 0.460 e. The molecule has 4 fully saturated rings. The van der Waals surface area contributed by atoms with Crippen LogP contribution in [0.3, 0.4) is 0 Å². The molecule has 0 bridgehead atoms. The number of rotatable bonds is 3. The number of esters is 1. The summed E-state index contributed by atoms with van der Waals surface area (Å²) >= 11 is 0. The minimum atomic E-state index is -1.03. The first-order valence-electron chi connectivity index (χ1n) is 16.4. The van der Waals surface area contributed by atoms with Gasteiger partial charge in [0.1, 0.15) is 6.61 Å². The lowest BCUT2D eigenvalue weighted by Crippen LogP contribution is -2.68. The van der Waals surface area contributed by atoms with Gasteiger partial charge in [-0.3, -0.25) is 9.59 Å². The van der Waals surface area contributed by atoms with Gasteiger partial charge in [-0.05, 0) is 115 Å². The first kappa shape index (κ1) is 29.1. The first-order valence-corrected chi connectivity index (χ1v) is 16.4. The van der Waals surface area contributed by atoms with Crippen LogP contribution in [0.25, 0.3) is 0 Å². The zero-order valence-electron chi connectivity index (χ0n) is 26.5.